The lowest BCUT2D eigenvalue weighted by atomic mass is 9.89. The molecule has 0 saturated carbocycles. The average Bonchev–Trinajstić information content (AvgIpc) is 2.39. The molecule has 0 N–H and O–H groups in total. The highest BCUT2D eigenvalue weighted by Crippen LogP contribution is 2.28. The summed E-state index contributed by atoms with van der Waals surface area (Å²) in [4.78, 5) is 11.8. The summed E-state index contributed by atoms with van der Waals surface area (Å²) in [6, 6.07) is 16.3. The van der Waals surface area contributed by atoms with Gasteiger partial charge in [0.1, 0.15) is 0 Å². The molecule has 1 nitrogen and oxygen atoms in total. The van der Waals surface area contributed by atoms with Gasteiger partial charge in [0.05, 0.1) is 0 Å². The Hall–Kier alpha value is -1.89. The molecular formula is C18H20O. The molecule has 0 radical (unpaired) electrons. The number of hydrogen-bond donors (Lipinski definition) is 0. The van der Waals surface area contributed by atoms with Gasteiger partial charge in [-0.15, -0.1) is 0 Å². The minimum Gasteiger partial charge on any atom is -0.295 e. The van der Waals surface area contributed by atoms with Gasteiger partial charge in [-0.3, -0.25) is 4.79 Å². The molecule has 0 aliphatic rings. The Morgan fingerprint density at radius 2 is 1.68 bits per heavy atom. The quantitative estimate of drug-likeness (QED) is 0.717. The summed E-state index contributed by atoms with van der Waals surface area (Å²) in [6.07, 6.45) is 0.931. The monoisotopic (exact) mass is 252 g/mol. The van der Waals surface area contributed by atoms with Crippen LogP contribution < -0.4 is 0 Å². The molecule has 2 aromatic rings. The van der Waals surface area contributed by atoms with Crippen molar-refractivity contribution >= 4 is 5.78 Å². The normalized spacial score (nSPS) is 10.7. The first-order valence-electron chi connectivity index (χ1n) is 6.78. The van der Waals surface area contributed by atoms with Crippen LogP contribution >= 0.6 is 0 Å². The third-order valence-corrected chi connectivity index (χ3v) is 3.25. The fourth-order valence-electron chi connectivity index (χ4n) is 2.43. The van der Waals surface area contributed by atoms with Crippen LogP contribution in [0.2, 0.25) is 0 Å². The Bertz CT molecular complexity index is 567. The Balaban J connectivity index is 2.60. The summed E-state index contributed by atoms with van der Waals surface area (Å²) in [5.74, 6) is 0.677. The first kappa shape index (κ1) is 13.5. The number of benzene rings is 2. The van der Waals surface area contributed by atoms with Crippen molar-refractivity contribution in [2.45, 2.75) is 27.2 Å². The van der Waals surface area contributed by atoms with Crippen molar-refractivity contribution in [2.75, 3.05) is 0 Å². The second-order valence-corrected chi connectivity index (χ2v) is 5.35. The molecule has 98 valence electrons. The first-order valence-corrected chi connectivity index (χ1v) is 6.78. The Morgan fingerprint density at radius 1 is 1.00 bits per heavy atom. The molecular weight excluding hydrogens is 232 g/mol. The zero-order valence-electron chi connectivity index (χ0n) is 11.8. The second kappa shape index (κ2) is 5.83. The number of hydrogen-bond acceptors (Lipinski definition) is 1. The summed E-state index contributed by atoms with van der Waals surface area (Å²) in [5, 5.41) is 0. The minimum absolute atomic E-state index is 0.147. The Morgan fingerprint density at radius 3 is 2.26 bits per heavy atom. The molecule has 1 heteroatoms. The molecule has 0 fully saturated rings. The summed E-state index contributed by atoms with van der Waals surface area (Å²) < 4.78 is 0. The predicted octanol–water partition coefficient (Wildman–Crippen LogP) is 4.75. The van der Waals surface area contributed by atoms with Gasteiger partial charge in [0.25, 0.3) is 0 Å². The molecule has 0 atom stereocenters. The van der Waals surface area contributed by atoms with Crippen LogP contribution in [-0.2, 0) is 6.42 Å². The van der Waals surface area contributed by atoms with E-state index in [9.17, 15) is 4.79 Å². The van der Waals surface area contributed by atoms with E-state index in [0.717, 1.165) is 12.0 Å². The second-order valence-electron chi connectivity index (χ2n) is 5.35. The summed E-state index contributed by atoms with van der Waals surface area (Å²) in [7, 11) is 0. The Labute approximate surface area is 115 Å². The molecule has 0 spiro atoms. The molecule has 0 heterocycles. The van der Waals surface area contributed by atoms with Gasteiger partial charge in [-0.05, 0) is 36.0 Å². The molecule has 0 aliphatic heterocycles. The lowest BCUT2D eigenvalue weighted by molar-refractivity contribution is 0.101. The van der Waals surface area contributed by atoms with E-state index >= 15 is 0 Å². The molecule has 0 aliphatic carbocycles. The lowest BCUT2D eigenvalue weighted by Gasteiger charge is -2.15. The zero-order valence-corrected chi connectivity index (χ0v) is 11.8. The smallest absolute Gasteiger partial charge is 0.160 e. The van der Waals surface area contributed by atoms with Crippen LogP contribution in [0.5, 0.6) is 0 Å². The van der Waals surface area contributed by atoms with Crippen molar-refractivity contribution in [3.63, 3.8) is 0 Å². The molecule has 0 bridgehead atoms. The number of Topliss-reactive ketones (excluding diaryl/α,β-unsaturated/α-hetero) is 1. The van der Waals surface area contributed by atoms with E-state index in [1.807, 2.05) is 30.3 Å². The van der Waals surface area contributed by atoms with Crippen LogP contribution in [0.4, 0.5) is 0 Å². The maximum Gasteiger partial charge on any atom is 0.160 e. The molecule has 0 aromatic heterocycles. The van der Waals surface area contributed by atoms with Crippen molar-refractivity contribution in [3.05, 3.63) is 59.7 Å². The molecule has 0 unspecified atom stereocenters. The number of carbonyl (C=O) groups excluding carboxylic acids is 1. The summed E-state index contributed by atoms with van der Waals surface area (Å²) >= 11 is 0. The van der Waals surface area contributed by atoms with Crippen molar-refractivity contribution in [1.82, 2.24) is 0 Å². The number of rotatable bonds is 4. The molecule has 0 saturated heterocycles. The molecule has 2 aromatic carbocycles. The van der Waals surface area contributed by atoms with E-state index < -0.39 is 0 Å². The molecule has 19 heavy (non-hydrogen) atoms. The van der Waals surface area contributed by atoms with Gasteiger partial charge in [-0.2, -0.15) is 0 Å². The predicted molar refractivity (Wildman–Crippen MR) is 80.4 cm³/mol. The van der Waals surface area contributed by atoms with E-state index in [2.05, 4.69) is 32.0 Å². The van der Waals surface area contributed by atoms with Crippen LogP contribution in [0.3, 0.4) is 0 Å². The fraction of sp³-hybridized carbons (Fsp3) is 0.278. The van der Waals surface area contributed by atoms with Crippen molar-refractivity contribution in [3.8, 4) is 11.1 Å². The number of ketones is 1. The highest BCUT2D eigenvalue weighted by Gasteiger charge is 2.14. The summed E-state index contributed by atoms with van der Waals surface area (Å²) in [5.41, 5.74) is 4.40. The molecule has 2 rings (SSSR count). The summed E-state index contributed by atoms with van der Waals surface area (Å²) in [6.45, 7) is 6.02. The van der Waals surface area contributed by atoms with Crippen LogP contribution in [0.25, 0.3) is 11.1 Å². The van der Waals surface area contributed by atoms with Gasteiger partial charge in [0.15, 0.2) is 5.78 Å². The third-order valence-electron chi connectivity index (χ3n) is 3.25. The average molecular weight is 252 g/mol. The van der Waals surface area contributed by atoms with Gasteiger partial charge < -0.3 is 0 Å². The SMILES string of the molecule is CC(=O)c1cccc(-c2ccccc2)c1CC(C)C. The van der Waals surface area contributed by atoms with Crippen molar-refractivity contribution < 1.29 is 4.79 Å². The van der Waals surface area contributed by atoms with Gasteiger partial charge in [0.2, 0.25) is 0 Å². The van der Waals surface area contributed by atoms with Gasteiger partial charge in [-0.25, -0.2) is 0 Å². The maximum atomic E-state index is 11.8. The largest absolute Gasteiger partial charge is 0.295 e. The number of carbonyl (C=O) groups is 1. The fourth-order valence-corrected chi connectivity index (χ4v) is 2.43. The zero-order chi connectivity index (χ0) is 13.8. The van der Waals surface area contributed by atoms with Crippen LogP contribution in [0.15, 0.2) is 48.5 Å². The van der Waals surface area contributed by atoms with E-state index in [1.165, 1.54) is 16.7 Å². The van der Waals surface area contributed by atoms with E-state index in [-0.39, 0.29) is 5.78 Å². The molecule has 0 amide bonds. The standard InChI is InChI=1S/C18H20O/c1-13(2)12-18-16(14(3)19)10-7-11-17(18)15-8-5-4-6-9-15/h4-11,13H,12H2,1-3H3. The van der Waals surface area contributed by atoms with Crippen molar-refractivity contribution in [1.29, 1.82) is 0 Å². The van der Waals surface area contributed by atoms with E-state index in [0.29, 0.717) is 5.92 Å². The van der Waals surface area contributed by atoms with Gasteiger partial charge >= 0.3 is 0 Å². The Kier molecular flexibility index (Phi) is 4.16. The van der Waals surface area contributed by atoms with E-state index in [4.69, 9.17) is 0 Å². The maximum absolute atomic E-state index is 11.8. The van der Waals surface area contributed by atoms with Crippen LogP contribution in [0.1, 0.15) is 36.7 Å². The van der Waals surface area contributed by atoms with Crippen molar-refractivity contribution in [2.24, 2.45) is 5.92 Å². The lowest BCUT2D eigenvalue weighted by Crippen LogP contribution is -2.05. The van der Waals surface area contributed by atoms with Gasteiger partial charge in [-0.1, -0.05) is 62.4 Å². The van der Waals surface area contributed by atoms with E-state index in [1.54, 1.807) is 6.92 Å². The first-order chi connectivity index (χ1) is 9.09. The van der Waals surface area contributed by atoms with Crippen LogP contribution in [-0.4, -0.2) is 5.78 Å². The highest BCUT2D eigenvalue weighted by atomic mass is 16.1. The third kappa shape index (κ3) is 3.11. The van der Waals surface area contributed by atoms with Crippen LogP contribution in [0, 0.1) is 5.92 Å². The highest BCUT2D eigenvalue weighted by molar-refractivity contribution is 5.97. The van der Waals surface area contributed by atoms with Gasteiger partial charge in [0, 0.05) is 5.56 Å². The topological polar surface area (TPSA) is 17.1 Å². The minimum atomic E-state index is 0.147.